The average Bonchev–Trinajstić information content (AvgIpc) is 2.92. The highest BCUT2D eigenvalue weighted by Gasteiger charge is 2.46. The summed E-state index contributed by atoms with van der Waals surface area (Å²) in [5, 5.41) is 22.9. The van der Waals surface area contributed by atoms with E-state index in [2.05, 4.69) is 15.6 Å². The summed E-state index contributed by atoms with van der Waals surface area (Å²) in [6, 6.07) is 10.2. The molecule has 12 heteroatoms. The predicted octanol–water partition coefficient (Wildman–Crippen LogP) is 3.80. The number of amides is 2. The Morgan fingerprint density at radius 2 is 1.95 bits per heavy atom. The number of ether oxygens (including phenoxy) is 1. The SMILES string of the molecule is C[C@H](CO)NC(=N)c1c(Oc2ccc(NC(=O)C3(C)CCCN(c4ccc(F)cc4)C3=O)cc2F)ccnc1N. The van der Waals surface area contributed by atoms with Gasteiger partial charge in [0, 0.05) is 42.3 Å². The number of rotatable bonds is 8. The molecule has 210 valence electrons. The second-order valence-corrected chi connectivity index (χ2v) is 9.74. The zero-order valence-electron chi connectivity index (χ0n) is 22.0. The minimum absolute atomic E-state index is 0.0236. The molecule has 2 atom stereocenters. The number of hydrogen-bond acceptors (Lipinski definition) is 7. The molecule has 1 aromatic heterocycles. The van der Waals surface area contributed by atoms with Crippen molar-refractivity contribution in [3.05, 3.63) is 71.9 Å². The molecule has 1 aliphatic rings. The Kier molecular flexibility index (Phi) is 8.29. The zero-order chi connectivity index (χ0) is 29.0. The van der Waals surface area contributed by atoms with Crippen LogP contribution in [0.3, 0.4) is 0 Å². The molecule has 0 bridgehead atoms. The molecule has 4 rings (SSSR count). The highest BCUT2D eigenvalue weighted by molar-refractivity contribution is 6.15. The number of aliphatic hydroxyl groups excluding tert-OH is 1. The molecule has 1 aliphatic heterocycles. The highest BCUT2D eigenvalue weighted by Crippen LogP contribution is 2.36. The molecule has 1 saturated heterocycles. The Bertz CT molecular complexity index is 1430. The van der Waals surface area contributed by atoms with E-state index in [9.17, 15) is 19.1 Å². The minimum Gasteiger partial charge on any atom is -0.453 e. The molecule has 0 aliphatic carbocycles. The number of carbonyl (C=O) groups excluding carboxylic acids is 2. The number of nitrogens with one attached hydrogen (secondary N) is 3. The van der Waals surface area contributed by atoms with Crippen LogP contribution in [-0.2, 0) is 9.59 Å². The lowest BCUT2D eigenvalue weighted by Crippen LogP contribution is -2.53. The van der Waals surface area contributed by atoms with Gasteiger partial charge in [-0.2, -0.15) is 0 Å². The van der Waals surface area contributed by atoms with Gasteiger partial charge in [0.05, 0.1) is 6.61 Å². The molecule has 2 aromatic carbocycles. The number of carbonyl (C=O) groups is 2. The number of nitrogen functional groups attached to an aromatic ring is 1. The number of hydrogen-bond donors (Lipinski definition) is 5. The summed E-state index contributed by atoms with van der Waals surface area (Å²) >= 11 is 0. The van der Waals surface area contributed by atoms with Crippen LogP contribution in [0.5, 0.6) is 11.5 Å². The fourth-order valence-electron chi connectivity index (χ4n) is 4.38. The van der Waals surface area contributed by atoms with Crippen LogP contribution in [0.15, 0.2) is 54.7 Å². The van der Waals surface area contributed by atoms with Crippen LogP contribution in [0.2, 0.25) is 0 Å². The summed E-state index contributed by atoms with van der Waals surface area (Å²) in [4.78, 5) is 32.0. The molecule has 2 amide bonds. The number of halogens is 2. The van der Waals surface area contributed by atoms with Crippen LogP contribution >= 0.6 is 0 Å². The number of piperidine rings is 1. The number of pyridine rings is 1. The summed E-state index contributed by atoms with van der Waals surface area (Å²) in [6.45, 7) is 3.36. The van der Waals surface area contributed by atoms with Crippen LogP contribution in [0.25, 0.3) is 0 Å². The van der Waals surface area contributed by atoms with Gasteiger partial charge in [0.2, 0.25) is 11.8 Å². The maximum absolute atomic E-state index is 15.1. The summed E-state index contributed by atoms with van der Waals surface area (Å²) in [7, 11) is 0. The normalized spacial score (nSPS) is 17.7. The predicted molar refractivity (Wildman–Crippen MR) is 146 cm³/mol. The van der Waals surface area contributed by atoms with Crippen LogP contribution in [-0.4, -0.2) is 46.9 Å². The molecule has 40 heavy (non-hydrogen) atoms. The molecule has 1 unspecified atom stereocenters. The van der Waals surface area contributed by atoms with E-state index in [1.807, 2.05) is 0 Å². The number of anilines is 3. The standard InChI is InChI=1S/C28H30F2N6O4/c1-16(15-37)34-25(32)23-22(10-12-33-24(23)31)40-21-9-6-18(14-20(21)30)35-26(38)28(2)11-3-13-36(27(28)39)19-7-4-17(29)5-8-19/h4-10,12,14,16,37H,3,11,13,15H2,1-2H3,(H2,31,33)(H2,32,34)(H,35,38)/t16-,28?/m1/s1. The molecular formula is C28H30F2N6O4. The fourth-order valence-corrected chi connectivity index (χ4v) is 4.38. The molecule has 6 N–H and O–H groups in total. The number of amidine groups is 1. The monoisotopic (exact) mass is 552 g/mol. The largest absolute Gasteiger partial charge is 0.453 e. The Labute approximate surface area is 229 Å². The summed E-state index contributed by atoms with van der Waals surface area (Å²) in [5.41, 5.74) is 5.21. The summed E-state index contributed by atoms with van der Waals surface area (Å²) < 4.78 is 34.1. The number of aromatic nitrogens is 1. The van der Waals surface area contributed by atoms with Crippen molar-refractivity contribution in [3.63, 3.8) is 0 Å². The van der Waals surface area contributed by atoms with Gasteiger partial charge in [-0.1, -0.05) is 0 Å². The molecular weight excluding hydrogens is 522 g/mol. The van der Waals surface area contributed by atoms with Crippen molar-refractivity contribution in [3.8, 4) is 11.5 Å². The van der Waals surface area contributed by atoms with Crippen molar-refractivity contribution in [2.45, 2.75) is 32.7 Å². The van der Waals surface area contributed by atoms with E-state index in [1.165, 1.54) is 60.5 Å². The van der Waals surface area contributed by atoms with Crippen LogP contribution in [0.1, 0.15) is 32.3 Å². The lowest BCUT2D eigenvalue weighted by molar-refractivity contribution is -0.139. The Morgan fingerprint density at radius 3 is 2.62 bits per heavy atom. The van der Waals surface area contributed by atoms with Gasteiger partial charge in [-0.05, 0) is 63.1 Å². The second kappa shape index (κ2) is 11.7. The molecule has 2 heterocycles. The number of benzene rings is 2. The van der Waals surface area contributed by atoms with Crippen LogP contribution < -0.4 is 26.0 Å². The van der Waals surface area contributed by atoms with Crippen molar-refractivity contribution in [2.75, 3.05) is 29.1 Å². The fraction of sp³-hybridized carbons (Fsp3) is 0.286. The zero-order valence-corrected chi connectivity index (χ0v) is 22.0. The van der Waals surface area contributed by atoms with Crippen molar-refractivity contribution >= 4 is 34.8 Å². The van der Waals surface area contributed by atoms with Crippen molar-refractivity contribution in [1.82, 2.24) is 10.3 Å². The highest BCUT2D eigenvalue weighted by atomic mass is 19.1. The van der Waals surface area contributed by atoms with Crippen molar-refractivity contribution < 1.29 is 28.2 Å². The van der Waals surface area contributed by atoms with Gasteiger partial charge >= 0.3 is 0 Å². The van der Waals surface area contributed by atoms with E-state index >= 15 is 4.39 Å². The maximum atomic E-state index is 15.1. The topological polar surface area (TPSA) is 154 Å². The second-order valence-electron chi connectivity index (χ2n) is 9.74. The Balaban J connectivity index is 1.50. The van der Waals surface area contributed by atoms with E-state index in [1.54, 1.807) is 6.92 Å². The van der Waals surface area contributed by atoms with E-state index in [0.29, 0.717) is 25.1 Å². The number of nitrogens with zero attached hydrogens (tertiary/aromatic N) is 2. The van der Waals surface area contributed by atoms with Crippen molar-refractivity contribution in [2.24, 2.45) is 5.41 Å². The number of aliphatic hydroxyl groups is 1. The smallest absolute Gasteiger partial charge is 0.242 e. The first-order valence-electron chi connectivity index (χ1n) is 12.6. The lowest BCUT2D eigenvalue weighted by Gasteiger charge is -2.38. The average molecular weight is 553 g/mol. The Morgan fingerprint density at radius 1 is 1.23 bits per heavy atom. The van der Waals surface area contributed by atoms with E-state index < -0.39 is 34.9 Å². The van der Waals surface area contributed by atoms with Crippen LogP contribution in [0.4, 0.5) is 26.0 Å². The molecule has 1 fully saturated rings. The third-order valence-corrected chi connectivity index (χ3v) is 6.68. The van der Waals surface area contributed by atoms with Gasteiger partial charge in [0.15, 0.2) is 11.6 Å². The number of nitrogens with two attached hydrogens (primary N) is 1. The Hall–Kier alpha value is -4.58. The van der Waals surface area contributed by atoms with Gasteiger partial charge in [0.25, 0.3) is 0 Å². The first-order valence-corrected chi connectivity index (χ1v) is 12.6. The third kappa shape index (κ3) is 5.86. The quantitative estimate of drug-likeness (QED) is 0.162. The lowest BCUT2D eigenvalue weighted by atomic mass is 9.79. The van der Waals surface area contributed by atoms with E-state index in [0.717, 1.165) is 6.07 Å². The molecule has 0 spiro atoms. The first kappa shape index (κ1) is 28.4. The van der Waals surface area contributed by atoms with E-state index in [4.69, 9.17) is 15.9 Å². The minimum atomic E-state index is -1.42. The molecule has 10 nitrogen and oxygen atoms in total. The van der Waals surface area contributed by atoms with Gasteiger partial charge in [-0.15, -0.1) is 0 Å². The van der Waals surface area contributed by atoms with E-state index in [-0.39, 0.29) is 41.0 Å². The summed E-state index contributed by atoms with van der Waals surface area (Å²) in [6.07, 6.45) is 2.19. The first-order chi connectivity index (χ1) is 19.0. The molecule has 0 saturated carbocycles. The summed E-state index contributed by atoms with van der Waals surface area (Å²) in [5.74, 6) is -2.59. The van der Waals surface area contributed by atoms with Crippen molar-refractivity contribution in [1.29, 1.82) is 5.41 Å². The van der Waals surface area contributed by atoms with Crippen LogP contribution in [0, 0.1) is 22.5 Å². The molecule has 0 radical (unpaired) electrons. The van der Waals surface area contributed by atoms with Gasteiger partial charge in [-0.3, -0.25) is 15.0 Å². The maximum Gasteiger partial charge on any atom is 0.242 e. The molecule has 3 aromatic rings. The van der Waals surface area contributed by atoms with Gasteiger partial charge in [-0.25, -0.2) is 13.8 Å². The third-order valence-electron chi connectivity index (χ3n) is 6.68. The van der Waals surface area contributed by atoms with Gasteiger partial charge in [0.1, 0.15) is 34.2 Å². The van der Waals surface area contributed by atoms with Gasteiger partial charge < -0.3 is 31.1 Å².